The minimum atomic E-state index is -0.465. The number of amides is 1. The van der Waals surface area contributed by atoms with E-state index in [1.54, 1.807) is 7.05 Å². The zero-order valence-corrected chi connectivity index (χ0v) is 15.5. The van der Waals surface area contributed by atoms with E-state index in [0.29, 0.717) is 6.54 Å². The zero-order valence-electron chi connectivity index (χ0n) is 15.5. The molecule has 23 heavy (non-hydrogen) atoms. The Balaban J connectivity index is 3.63. The van der Waals surface area contributed by atoms with Gasteiger partial charge in [0.25, 0.3) is 0 Å². The number of aliphatic imine (C=N–C) groups is 1. The van der Waals surface area contributed by atoms with Crippen LogP contribution in [0.2, 0.25) is 0 Å². The van der Waals surface area contributed by atoms with Crippen molar-refractivity contribution in [3.05, 3.63) is 0 Å². The summed E-state index contributed by atoms with van der Waals surface area (Å²) in [6.07, 6.45) is 1.60. The predicted molar refractivity (Wildman–Crippen MR) is 93.9 cm³/mol. The van der Waals surface area contributed by atoms with Crippen LogP contribution in [0.1, 0.15) is 47.5 Å². The topological polar surface area (TPSA) is 84.0 Å². The monoisotopic (exact) mass is 330 g/mol. The van der Waals surface area contributed by atoms with Crippen LogP contribution in [0.5, 0.6) is 0 Å². The number of ether oxygens (including phenoxy) is 2. The van der Waals surface area contributed by atoms with E-state index in [1.165, 1.54) is 0 Å². The Morgan fingerprint density at radius 1 is 1.04 bits per heavy atom. The van der Waals surface area contributed by atoms with Crippen LogP contribution >= 0.6 is 0 Å². The average molecular weight is 330 g/mol. The highest BCUT2D eigenvalue weighted by molar-refractivity contribution is 5.79. The molecule has 0 atom stereocenters. The minimum Gasteiger partial charge on any atom is -0.444 e. The van der Waals surface area contributed by atoms with Gasteiger partial charge in [-0.15, -0.1) is 0 Å². The van der Waals surface area contributed by atoms with Crippen molar-refractivity contribution in [3.63, 3.8) is 0 Å². The summed E-state index contributed by atoms with van der Waals surface area (Å²) < 4.78 is 10.6. The predicted octanol–water partition coefficient (Wildman–Crippen LogP) is 1.88. The molecule has 3 N–H and O–H groups in total. The first-order chi connectivity index (χ1) is 10.7. The molecule has 0 aromatic carbocycles. The highest BCUT2D eigenvalue weighted by Gasteiger charge is 2.15. The Kier molecular flexibility index (Phi) is 11.2. The molecular formula is C16H34N4O3. The van der Waals surface area contributed by atoms with Gasteiger partial charge in [0, 0.05) is 33.3 Å². The highest BCUT2D eigenvalue weighted by Crippen LogP contribution is 2.06. The van der Waals surface area contributed by atoms with Gasteiger partial charge in [-0.3, -0.25) is 4.99 Å². The molecule has 0 unspecified atom stereocenters. The first-order valence-electron chi connectivity index (χ1n) is 8.27. The third kappa shape index (κ3) is 15.2. The lowest BCUT2D eigenvalue weighted by Gasteiger charge is -2.19. The zero-order chi connectivity index (χ0) is 17.7. The first kappa shape index (κ1) is 21.5. The summed E-state index contributed by atoms with van der Waals surface area (Å²) in [5.41, 5.74) is -0.465. The number of alkyl carbamates (subject to hydrolysis) is 1. The van der Waals surface area contributed by atoms with Gasteiger partial charge >= 0.3 is 6.09 Å². The Morgan fingerprint density at radius 2 is 1.61 bits per heavy atom. The minimum absolute atomic E-state index is 0.268. The van der Waals surface area contributed by atoms with Gasteiger partial charge in [0.2, 0.25) is 0 Å². The number of hydrogen-bond donors (Lipinski definition) is 3. The van der Waals surface area contributed by atoms with Gasteiger partial charge in [-0.05, 0) is 47.5 Å². The summed E-state index contributed by atoms with van der Waals surface area (Å²) in [7, 11) is 1.74. The van der Waals surface area contributed by atoms with E-state index in [1.807, 2.05) is 34.6 Å². The van der Waals surface area contributed by atoms with Gasteiger partial charge < -0.3 is 25.4 Å². The number of nitrogens with zero attached hydrogens (tertiary/aromatic N) is 1. The third-order valence-corrected chi connectivity index (χ3v) is 2.60. The van der Waals surface area contributed by atoms with Crippen LogP contribution < -0.4 is 16.0 Å². The quantitative estimate of drug-likeness (QED) is 0.341. The summed E-state index contributed by atoms with van der Waals surface area (Å²) in [6.45, 7) is 12.4. The molecular weight excluding hydrogens is 296 g/mol. The molecule has 0 radical (unpaired) electrons. The molecule has 0 aliphatic carbocycles. The highest BCUT2D eigenvalue weighted by atomic mass is 16.6. The van der Waals surface area contributed by atoms with Gasteiger partial charge in [-0.1, -0.05) is 0 Å². The fourth-order valence-corrected chi connectivity index (χ4v) is 1.62. The molecule has 0 aliphatic rings. The van der Waals surface area contributed by atoms with Gasteiger partial charge in [0.15, 0.2) is 5.96 Å². The molecule has 1 amide bonds. The number of hydrogen-bond acceptors (Lipinski definition) is 4. The standard InChI is InChI=1S/C16H34N4O3/c1-13(2)22-12-8-11-19-14(17-6)18-9-7-10-20-15(21)23-16(3,4)5/h13H,7-12H2,1-6H3,(H,20,21)(H2,17,18,19). The van der Waals surface area contributed by atoms with Crippen LogP contribution in [0.3, 0.4) is 0 Å². The number of guanidine groups is 1. The first-order valence-corrected chi connectivity index (χ1v) is 8.27. The van der Waals surface area contributed by atoms with Crippen molar-refractivity contribution in [3.8, 4) is 0 Å². The van der Waals surface area contributed by atoms with Crippen molar-refractivity contribution >= 4 is 12.1 Å². The fourth-order valence-electron chi connectivity index (χ4n) is 1.62. The summed E-state index contributed by atoms with van der Waals surface area (Å²) in [5, 5.41) is 9.14. The maximum atomic E-state index is 11.5. The van der Waals surface area contributed by atoms with E-state index in [0.717, 1.165) is 38.5 Å². The van der Waals surface area contributed by atoms with E-state index < -0.39 is 5.60 Å². The van der Waals surface area contributed by atoms with Gasteiger partial charge in [0.1, 0.15) is 5.60 Å². The van der Waals surface area contributed by atoms with Crippen molar-refractivity contribution < 1.29 is 14.3 Å². The molecule has 0 saturated carbocycles. The third-order valence-electron chi connectivity index (χ3n) is 2.60. The molecule has 0 aromatic rings. The molecule has 136 valence electrons. The van der Waals surface area contributed by atoms with E-state index >= 15 is 0 Å². The molecule has 0 spiro atoms. The maximum absolute atomic E-state index is 11.5. The summed E-state index contributed by atoms with van der Waals surface area (Å²) in [5.74, 6) is 0.756. The number of carbonyl (C=O) groups excluding carboxylic acids is 1. The molecule has 0 aliphatic heterocycles. The van der Waals surface area contributed by atoms with Crippen molar-refractivity contribution in [2.24, 2.45) is 4.99 Å². The largest absolute Gasteiger partial charge is 0.444 e. The lowest BCUT2D eigenvalue weighted by atomic mass is 10.2. The van der Waals surface area contributed by atoms with Crippen LogP contribution in [0, 0.1) is 0 Å². The van der Waals surface area contributed by atoms with Gasteiger partial charge in [-0.25, -0.2) is 4.79 Å². The SMILES string of the molecule is CN=C(NCCCNC(=O)OC(C)(C)C)NCCCOC(C)C. The second kappa shape index (κ2) is 12.0. The second-order valence-electron chi connectivity index (χ2n) is 6.48. The number of carbonyl (C=O) groups is 1. The smallest absolute Gasteiger partial charge is 0.407 e. The molecule has 0 fully saturated rings. The lowest BCUT2D eigenvalue weighted by molar-refractivity contribution is 0.0527. The van der Waals surface area contributed by atoms with Crippen LogP contribution in [-0.2, 0) is 9.47 Å². The van der Waals surface area contributed by atoms with E-state index in [4.69, 9.17) is 9.47 Å². The van der Waals surface area contributed by atoms with Crippen LogP contribution in [-0.4, -0.2) is 57.0 Å². The number of nitrogens with one attached hydrogen (secondary N) is 3. The van der Waals surface area contributed by atoms with Crippen molar-refractivity contribution in [2.75, 3.05) is 33.3 Å². The maximum Gasteiger partial charge on any atom is 0.407 e. The molecule has 7 heteroatoms. The molecule has 0 aromatic heterocycles. The van der Waals surface area contributed by atoms with Crippen LogP contribution in [0.15, 0.2) is 4.99 Å². The fraction of sp³-hybridized carbons (Fsp3) is 0.875. The second-order valence-corrected chi connectivity index (χ2v) is 6.48. The average Bonchev–Trinajstić information content (AvgIpc) is 2.42. The Labute approximate surface area is 140 Å². The van der Waals surface area contributed by atoms with Crippen LogP contribution in [0.4, 0.5) is 4.79 Å². The number of rotatable bonds is 9. The summed E-state index contributed by atoms with van der Waals surface area (Å²) >= 11 is 0. The normalized spacial score (nSPS) is 12.2. The Bertz CT molecular complexity index is 352. The van der Waals surface area contributed by atoms with Crippen molar-refractivity contribution in [1.29, 1.82) is 0 Å². The van der Waals surface area contributed by atoms with E-state index in [2.05, 4.69) is 20.9 Å². The van der Waals surface area contributed by atoms with Gasteiger partial charge in [-0.2, -0.15) is 0 Å². The molecule has 0 saturated heterocycles. The van der Waals surface area contributed by atoms with Gasteiger partial charge in [0.05, 0.1) is 6.10 Å². The Hall–Kier alpha value is -1.50. The van der Waals surface area contributed by atoms with Crippen molar-refractivity contribution in [2.45, 2.75) is 59.2 Å². The molecule has 0 rings (SSSR count). The molecule has 0 bridgehead atoms. The summed E-state index contributed by atoms with van der Waals surface area (Å²) in [4.78, 5) is 15.6. The van der Waals surface area contributed by atoms with Crippen molar-refractivity contribution in [1.82, 2.24) is 16.0 Å². The molecule has 7 nitrogen and oxygen atoms in total. The van der Waals surface area contributed by atoms with E-state index in [9.17, 15) is 4.79 Å². The lowest BCUT2D eigenvalue weighted by Crippen LogP contribution is -2.39. The molecule has 0 heterocycles. The van der Waals surface area contributed by atoms with Crippen LogP contribution in [0.25, 0.3) is 0 Å². The Morgan fingerprint density at radius 3 is 2.13 bits per heavy atom. The summed E-state index contributed by atoms with van der Waals surface area (Å²) in [6, 6.07) is 0. The van der Waals surface area contributed by atoms with E-state index in [-0.39, 0.29) is 12.2 Å².